The highest BCUT2D eigenvalue weighted by Crippen LogP contribution is 2.37. The van der Waals surface area contributed by atoms with Gasteiger partial charge in [-0.15, -0.1) is 0 Å². The number of hydrogen-bond acceptors (Lipinski definition) is 1. The Kier molecular flexibility index (Phi) is 4.96. The lowest BCUT2D eigenvalue weighted by Gasteiger charge is -2.24. The molecule has 5 heteroatoms. The molecule has 0 N–H and O–H groups in total. The number of rotatable bonds is 6. The first kappa shape index (κ1) is 12.9. The van der Waals surface area contributed by atoms with Crippen LogP contribution in [0.25, 0.3) is 0 Å². The van der Waals surface area contributed by atoms with Crippen LogP contribution in [0.2, 0.25) is 0 Å². The molecule has 1 saturated carbocycles. The van der Waals surface area contributed by atoms with Crippen molar-refractivity contribution in [3.8, 4) is 0 Å². The maximum absolute atomic E-state index is 12.2. The van der Waals surface area contributed by atoms with Gasteiger partial charge in [0.25, 0.3) is 6.43 Å². The van der Waals surface area contributed by atoms with Crippen molar-refractivity contribution in [1.29, 1.82) is 0 Å². The molecule has 0 radical (unpaired) electrons. The number of halogens is 3. The second-order valence-electron chi connectivity index (χ2n) is 3.99. The Hall–Kier alpha value is -0.190. The first-order chi connectivity index (χ1) is 7.06. The van der Waals surface area contributed by atoms with Gasteiger partial charge in [-0.05, 0) is 18.8 Å². The van der Waals surface area contributed by atoms with E-state index in [-0.39, 0.29) is 11.8 Å². The van der Waals surface area contributed by atoms with Gasteiger partial charge in [-0.3, -0.25) is 4.79 Å². The summed E-state index contributed by atoms with van der Waals surface area (Å²) in [5, 5.41) is 0.544. The Morgan fingerprint density at radius 2 is 2.13 bits per heavy atom. The van der Waals surface area contributed by atoms with E-state index >= 15 is 0 Å². The SMILES string of the molecule is CC(C(=O)N(CCBr)CC(F)F)C1CC1. The molecule has 1 aliphatic rings. The van der Waals surface area contributed by atoms with Crippen LogP contribution >= 0.6 is 15.9 Å². The highest BCUT2D eigenvalue weighted by Gasteiger charge is 2.35. The zero-order valence-corrected chi connectivity index (χ0v) is 10.3. The monoisotopic (exact) mass is 283 g/mol. The lowest BCUT2D eigenvalue weighted by molar-refractivity contribution is -0.137. The average molecular weight is 284 g/mol. The Labute approximate surface area is 97.1 Å². The van der Waals surface area contributed by atoms with Gasteiger partial charge in [0.15, 0.2) is 0 Å². The molecule has 0 spiro atoms. The van der Waals surface area contributed by atoms with Gasteiger partial charge in [0.2, 0.25) is 5.91 Å². The Morgan fingerprint density at radius 3 is 2.53 bits per heavy atom. The highest BCUT2D eigenvalue weighted by molar-refractivity contribution is 9.09. The van der Waals surface area contributed by atoms with Crippen LogP contribution in [0.5, 0.6) is 0 Å². The molecule has 0 aliphatic heterocycles. The summed E-state index contributed by atoms with van der Waals surface area (Å²) >= 11 is 3.17. The standard InChI is InChI=1S/C10H16BrF2NO/c1-7(8-2-3-8)10(15)14(5-4-11)6-9(12)13/h7-9H,2-6H2,1H3. The summed E-state index contributed by atoms with van der Waals surface area (Å²) in [6, 6.07) is 0. The predicted molar refractivity (Wildman–Crippen MR) is 58.3 cm³/mol. The third-order valence-corrected chi connectivity index (χ3v) is 3.10. The van der Waals surface area contributed by atoms with Crippen LogP contribution in [-0.2, 0) is 4.79 Å². The van der Waals surface area contributed by atoms with Gasteiger partial charge in [-0.2, -0.15) is 0 Å². The molecule has 15 heavy (non-hydrogen) atoms. The molecular formula is C10H16BrF2NO. The summed E-state index contributed by atoms with van der Waals surface area (Å²) in [6.07, 6.45) is -0.326. The summed E-state index contributed by atoms with van der Waals surface area (Å²) in [6.45, 7) is 1.76. The summed E-state index contributed by atoms with van der Waals surface area (Å²) in [7, 11) is 0. The fourth-order valence-electron chi connectivity index (χ4n) is 1.65. The quantitative estimate of drug-likeness (QED) is 0.686. The number of nitrogens with zero attached hydrogens (tertiary/aromatic N) is 1. The molecular weight excluding hydrogens is 268 g/mol. The molecule has 0 saturated heterocycles. The summed E-state index contributed by atoms with van der Waals surface area (Å²) in [4.78, 5) is 13.1. The van der Waals surface area contributed by atoms with Gasteiger partial charge < -0.3 is 4.90 Å². The molecule has 0 aromatic heterocycles. The van der Waals surface area contributed by atoms with Crippen molar-refractivity contribution in [3.63, 3.8) is 0 Å². The third kappa shape index (κ3) is 4.05. The molecule has 1 rings (SSSR count). The van der Waals surface area contributed by atoms with E-state index in [2.05, 4.69) is 15.9 Å². The summed E-state index contributed by atoms with van der Waals surface area (Å²) in [5.74, 6) is 0.202. The predicted octanol–water partition coefficient (Wildman–Crippen LogP) is 2.52. The fourth-order valence-corrected chi connectivity index (χ4v) is 2.07. The van der Waals surface area contributed by atoms with Gasteiger partial charge in [0, 0.05) is 17.8 Å². The van der Waals surface area contributed by atoms with E-state index in [1.807, 2.05) is 6.92 Å². The molecule has 1 amide bonds. The molecule has 1 atom stereocenters. The van der Waals surface area contributed by atoms with Gasteiger partial charge >= 0.3 is 0 Å². The molecule has 1 fully saturated rings. The largest absolute Gasteiger partial charge is 0.336 e. The molecule has 0 heterocycles. The van der Waals surface area contributed by atoms with Gasteiger partial charge in [0.1, 0.15) is 0 Å². The molecule has 2 nitrogen and oxygen atoms in total. The molecule has 88 valence electrons. The number of carbonyl (C=O) groups excluding carboxylic acids is 1. The Morgan fingerprint density at radius 1 is 1.53 bits per heavy atom. The van der Waals surface area contributed by atoms with Gasteiger partial charge in [0.05, 0.1) is 6.54 Å². The van der Waals surface area contributed by atoms with E-state index in [0.717, 1.165) is 12.8 Å². The number of hydrogen-bond donors (Lipinski definition) is 0. The lowest BCUT2D eigenvalue weighted by atomic mass is 10.1. The first-order valence-electron chi connectivity index (χ1n) is 5.19. The number of amides is 1. The third-order valence-electron chi connectivity index (χ3n) is 2.74. The van der Waals surface area contributed by atoms with Crippen LogP contribution in [0.15, 0.2) is 0 Å². The maximum Gasteiger partial charge on any atom is 0.255 e. The second-order valence-corrected chi connectivity index (χ2v) is 4.78. The maximum atomic E-state index is 12.2. The summed E-state index contributed by atoms with van der Waals surface area (Å²) < 4.78 is 24.5. The fraction of sp³-hybridized carbons (Fsp3) is 0.900. The van der Waals surface area contributed by atoms with Crippen LogP contribution in [0, 0.1) is 11.8 Å². The van der Waals surface area contributed by atoms with Crippen molar-refractivity contribution in [3.05, 3.63) is 0 Å². The minimum Gasteiger partial charge on any atom is -0.336 e. The van der Waals surface area contributed by atoms with E-state index in [9.17, 15) is 13.6 Å². The average Bonchev–Trinajstić information content (AvgIpc) is 2.97. The lowest BCUT2D eigenvalue weighted by Crippen LogP contribution is -2.40. The minimum atomic E-state index is -2.44. The van der Waals surface area contributed by atoms with Crippen LogP contribution in [-0.4, -0.2) is 35.7 Å². The number of carbonyl (C=O) groups is 1. The van der Waals surface area contributed by atoms with Crippen LogP contribution < -0.4 is 0 Å². The van der Waals surface area contributed by atoms with Crippen LogP contribution in [0.4, 0.5) is 8.78 Å². The smallest absolute Gasteiger partial charge is 0.255 e. The zero-order chi connectivity index (χ0) is 11.4. The van der Waals surface area contributed by atoms with Crippen LogP contribution in [0.1, 0.15) is 19.8 Å². The first-order valence-corrected chi connectivity index (χ1v) is 6.31. The number of alkyl halides is 3. The Bertz CT molecular complexity index is 221. The van der Waals surface area contributed by atoms with E-state index < -0.39 is 13.0 Å². The molecule has 0 bridgehead atoms. The van der Waals surface area contributed by atoms with E-state index in [1.165, 1.54) is 4.90 Å². The topological polar surface area (TPSA) is 20.3 Å². The van der Waals surface area contributed by atoms with Crippen molar-refractivity contribution in [2.45, 2.75) is 26.2 Å². The molecule has 0 aromatic rings. The highest BCUT2D eigenvalue weighted by atomic mass is 79.9. The molecule has 0 aromatic carbocycles. The second kappa shape index (κ2) is 5.77. The summed E-state index contributed by atoms with van der Waals surface area (Å²) in [5.41, 5.74) is 0. The van der Waals surface area contributed by atoms with E-state index in [1.54, 1.807) is 0 Å². The van der Waals surface area contributed by atoms with Crippen LogP contribution in [0.3, 0.4) is 0 Å². The molecule has 1 unspecified atom stereocenters. The normalized spacial score (nSPS) is 17.9. The van der Waals surface area contributed by atoms with Gasteiger partial charge in [-0.25, -0.2) is 8.78 Å². The van der Waals surface area contributed by atoms with E-state index in [4.69, 9.17) is 0 Å². The van der Waals surface area contributed by atoms with Crippen molar-refractivity contribution in [2.75, 3.05) is 18.4 Å². The molecule has 1 aliphatic carbocycles. The van der Waals surface area contributed by atoms with Gasteiger partial charge in [-0.1, -0.05) is 22.9 Å². The van der Waals surface area contributed by atoms with Crippen molar-refractivity contribution >= 4 is 21.8 Å². The van der Waals surface area contributed by atoms with Crippen molar-refractivity contribution in [2.24, 2.45) is 11.8 Å². The minimum absolute atomic E-state index is 0.0946. The van der Waals surface area contributed by atoms with Crippen molar-refractivity contribution < 1.29 is 13.6 Å². The van der Waals surface area contributed by atoms with E-state index in [0.29, 0.717) is 17.8 Å². The van der Waals surface area contributed by atoms with Crippen molar-refractivity contribution in [1.82, 2.24) is 4.90 Å². The zero-order valence-electron chi connectivity index (χ0n) is 8.76. The Balaban J connectivity index is 2.48.